The first kappa shape index (κ1) is 30.2. The summed E-state index contributed by atoms with van der Waals surface area (Å²) in [6.07, 6.45) is 0. The van der Waals surface area contributed by atoms with Crippen LogP contribution < -0.4 is 30.3 Å². The molecule has 4 aromatic carbocycles. The average molecular weight is 620 g/mol. The number of benzene rings is 4. The smallest absolute Gasteiger partial charge is 0.189 e. The third-order valence-corrected chi connectivity index (χ3v) is 12.8. The Labute approximate surface area is 269 Å². The Morgan fingerprint density at radius 1 is 0.511 bits per heavy atom. The molecule has 0 N–H and O–H groups in total. The summed E-state index contributed by atoms with van der Waals surface area (Å²) in [5, 5.41) is 2.27. The second-order valence-electron chi connectivity index (χ2n) is 17.1. The molecule has 5 heteroatoms. The van der Waals surface area contributed by atoms with Gasteiger partial charge in [-0.15, -0.1) is 0 Å². The summed E-state index contributed by atoms with van der Waals surface area (Å²) in [6.45, 7) is 26.5. The summed E-state index contributed by atoms with van der Waals surface area (Å²) in [5.41, 5.74) is 6.72. The molecule has 0 radical (unpaired) electrons. The van der Waals surface area contributed by atoms with E-state index in [1.807, 2.05) is 0 Å². The highest BCUT2D eigenvalue weighted by atomic mass is 31.2. The first-order valence-electron chi connectivity index (χ1n) is 16.1. The predicted octanol–water partition coefficient (Wildman–Crippen LogP) is 10.5. The van der Waals surface area contributed by atoms with Gasteiger partial charge in [0.15, 0.2) is 7.14 Å². The highest BCUT2D eigenvalue weighted by molar-refractivity contribution is 7.87. The fourth-order valence-electron chi connectivity index (χ4n) is 7.03. The minimum absolute atomic E-state index is 0.0326. The first-order valence-corrected chi connectivity index (χ1v) is 17.8. The van der Waals surface area contributed by atoms with Gasteiger partial charge in [-0.25, -0.2) is 0 Å². The molecule has 234 valence electrons. The summed E-state index contributed by atoms with van der Waals surface area (Å²) < 4.78 is 30.4. The van der Waals surface area contributed by atoms with Crippen molar-refractivity contribution in [2.75, 3.05) is 4.90 Å². The Balaban J connectivity index is 1.64. The number of ether oxygens (including phenoxy) is 2. The van der Waals surface area contributed by atoms with Gasteiger partial charge in [0.1, 0.15) is 28.3 Å². The highest BCUT2D eigenvalue weighted by Crippen LogP contribution is 2.67. The molecule has 0 fully saturated rings. The molecule has 0 spiro atoms. The maximum Gasteiger partial charge on any atom is 0.189 e. The van der Waals surface area contributed by atoms with E-state index in [9.17, 15) is 0 Å². The van der Waals surface area contributed by atoms with Gasteiger partial charge in [-0.05, 0) is 69.2 Å². The van der Waals surface area contributed by atoms with Crippen molar-refractivity contribution < 1.29 is 14.0 Å². The molecule has 0 aliphatic carbocycles. The van der Waals surface area contributed by atoms with E-state index in [1.54, 1.807) is 0 Å². The van der Waals surface area contributed by atoms with E-state index in [-0.39, 0.29) is 21.7 Å². The van der Waals surface area contributed by atoms with Crippen molar-refractivity contribution in [1.29, 1.82) is 0 Å². The van der Waals surface area contributed by atoms with E-state index in [2.05, 4.69) is 149 Å². The van der Waals surface area contributed by atoms with Crippen LogP contribution >= 0.6 is 7.14 Å². The standard InChI is InChI=1S/C40H46NO3P/c1-37(2,3)23-13-15-25(16-14-23)41-28-19-17-26(39(7,8)9)32-34(28)45(42)35-29(41)20-18-27(40(10,11)12)33(35)44-31-22-24(38(4,5)6)21-30(43-32)36(31)45/h13-22H,1-12H3. The Morgan fingerprint density at radius 3 is 1.31 bits per heavy atom. The molecule has 3 heterocycles. The lowest BCUT2D eigenvalue weighted by molar-refractivity contribution is 0.435. The second kappa shape index (κ2) is 9.07. The van der Waals surface area contributed by atoms with Gasteiger partial charge < -0.3 is 18.9 Å². The molecular formula is C40H46NO3P. The van der Waals surface area contributed by atoms with Gasteiger partial charge in [-0.2, -0.15) is 0 Å². The molecule has 0 bridgehead atoms. The molecule has 7 rings (SSSR count). The Kier molecular flexibility index (Phi) is 6.08. The first-order chi connectivity index (χ1) is 20.7. The fourth-order valence-corrected chi connectivity index (χ4v) is 10.4. The van der Waals surface area contributed by atoms with Gasteiger partial charge in [0, 0.05) is 16.8 Å². The van der Waals surface area contributed by atoms with E-state index >= 15 is 4.57 Å². The van der Waals surface area contributed by atoms with Gasteiger partial charge in [-0.3, -0.25) is 0 Å². The lowest BCUT2D eigenvalue weighted by Crippen LogP contribution is -2.44. The molecule has 3 aliphatic rings. The van der Waals surface area contributed by atoms with Crippen LogP contribution in [0.25, 0.3) is 0 Å². The second-order valence-corrected chi connectivity index (χ2v) is 19.7. The van der Waals surface area contributed by atoms with E-state index in [4.69, 9.17) is 9.47 Å². The molecular weight excluding hydrogens is 573 g/mol. The molecule has 0 saturated carbocycles. The maximum absolute atomic E-state index is 16.5. The van der Waals surface area contributed by atoms with Gasteiger partial charge in [0.05, 0.1) is 22.0 Å². The molecule has 3 aliphatic heterocycles. The predicted molar refractivity (Wildman–Crippen MR) is 189 cm³/mol. The van der Waals surface area contributed by atoms with Crippen LogP contribution in [0.5, 0.6) is 23.0 Å². The van der Waals surface area contributed by atoms with Crippen molar-refractivity contribution in [2.45, 2.75) is 105 Å². The summed E-state index contributed by atoms with van der Waals surface area (Å²) in [6, 6.07) is 21.7. The molecule has 0 atom stereocenters. The van der Waals surface area contributed by atoms with Crippen LogP contribution in [0.4, 0.5) is 17.1 Å². The summed E-state index contributed by atoms with van der Waals surface area (Å²) in [7, 11) is -3.44. The summed E-state index contributed by atoms with van der Waals surface area (Å²) in [4.78, 5) is 2.27. The van der Waals surface area contributed by atoms with Crippen LogP contribution in [0.1, 0.15) is 105 Å². The zero-order valence-corrected chi connectivity index (χ0v) is 29.8. The van der Waals surface area contributed by atoms with Gasteiger partial charge in [0.2, 0.25) is 0 Å². The van der Waals surface area contributed by atoms with Crippen LogP contribution in [0.3, 0.4) is 0 Å². The van der Waals surface area contributed by atoms with E-state index in [0.717, 1.165) is 55.9 Å². The molecule has 45 heavy (non-hydrogen) atoms. The number of hydrogen-bond donors (Lipinski definition) is 0. The molecule has 0 unspecified atom stereocenters. The maximum atomic E-state index is 16.5. The van der Waals surface area contributed by atoms with Crippen LogP contribution in [-0.4, -0.2) is 0 Å². The zero-order valence-electron chi connectivity index (χ0n) is 28.9. The molecule has 4 nitrogen and oxygen atoms in total. The van der Waals surface area contributed by atoms with Crippen molar-refractivity contribution in [2.24, 2.45) is 0 Å². The van der Waals surface area contributed by atoms with Crippen LogP contribution in [0, 0.1) is 0 Å². The van der Waals surface area contributed by atoms with E-state index < -0.39 is 7.14 Å². The van der Waals surface area contributed by atoms with Crippen molar-refractivity contribution in [3.05, 3.63) is 82.9 Å². The third kappa shape index (κ3) is 4.28. The number of rotatable bonds is 1. The van der Waals surface area contributed by atoms with Crippen molar-refractivity contribution >= 4 is 40.1 Å². The van der Waals surface area contributed by atoms with Crippen LogP contribution in [0.2, 0.25) is 0 Å². The zero-order chi connectivity index (χ0) is 32.6. The van der Waals surface area contributed by atoms with Gasteiger partial charge in [-0.1, -0.05) is 107 Å². The van der Waals surface area contributed by atoms with Crippen molar-refractivity contribution in [1.82, 2.24) is 0 Å². The lowest BCUT2D eigenvalue weighted by Gasteiger charge is -2.46. The van der Waals surface area contributed by atoms with Crippen LogP contribution in [-0.2, 0) is 26.2 Å². The number of hydrogen-bond acceptors (Lipinski definition) is 4. The highest BCUT2D eigenvalue weighted by Gasteiger charge is 2.55. The molecule has 0 saturated heterocycles. The van der Waals surface area contributed by atoms with E-state index in [1.165, 1.54) is 5.56 Å². The average Bonchev–Trinajstić information content (AvgIpc) is 2.90. The topological polar surface area (TPSA) is 38.8 Å². The van der Waals surface area contributed by atoms with Crippen molar-refractivity contribution in [3.8, 4) is 23.0 Å². The summed E-state index contributed by atoms with van der Waals surface area (Å²) in [5.74, 6) is 2.75. The van der Waals surface area contributed by atoms with Gasteiger partial charge in [0.25, 0.3) is 0 Å². The van der Waals surface area contributed by atoms with Gasteiger partial charge >= 0.3 is 0 Å². The van der Waals surface area contributed by atoms with Crippen molar-refractivity contribution in [3.63, 3.8) is 0 Å². The molecule has 0 amide bonds. The Morgan fingerprint density at radius 2 is 0.933 bits per heavy atom. The SMILES string of the molecule is CC(C)(C)c1ccc(N2c3ccc(C(C)(C)C)c4c3P3(=O)c5c(cc(C(C)(C)C)cc5Oc5c(C(C)(C)C)ccc2c53)O4)cc1. The normalized spacial score (nSPS) is 16.1. The number of anilines is 3. The fraction of sp³-hybridized carbons (Fsp3) is 0.400. The number of nitrogens with zero attached hydrogens (tertiary/aromatic N) is 1. The largest absolute Gasteiger partial charge is 0.455 e. The van der Waals surface area contributed by atoms with Crippen LogP contribution in [0.15, 0.2) is 60.7 Å². The minimum atomic E-state index is -3.44. The van der Waals surface area contributed by atoms with E-state index in [0.29, 0.717) is 16.8 Å². The summed E-state index contributed by atoms with van der Waals surface area (Å²) >= 11 is 0. The Bertz CT molecular complexity index is 1860. The Hall–Kier alpha value is -3.49. The lowest BCUT2D eigenvalue weighted by atomic mass is 9.85. The molecule has 0 aromatic heterocycles. The third-order valence-electron chi connectivity index (χ3n) is 9.58. The monoisotopic (exact) mass is 619 g/mol. The molecule has 4 aromatic rings. The quantitative estimate of drug-likeness (QED) is 0.171. The minimum Gasteiger partial charge on any atom is -0.455 e.